The minimum absolute atomic E-state index is 0.505. The van der Waals surface area contributed by atoms with Crippen molar-refractivity contribution in [2.45, 2.75) is 37.2 Å². The number of aromatic nitrogens is 4. The molecule has 0 aliphatic carbocycles. The van der Waals surface area contributed by atoms with Gasteiger partial charge in [-0.3, -0.25) is 4.57 Å². The monoisotopic (exact) mass is 472 g/mol. The fourth-order valence-corrected chi connectivity index (χ4v) is 5.93. The van der Waals surface area contributed by atoms with Crippen LogP contribution in [0.25, 0.3) is 22.0 Å². The lowest BCUT2D eigenvalue weighted by molar-refractivity contribution is 0.731. The second-order valence-electron chi connectivity index (χ2n) is 7.01. The molecule has 0 saturated heterocycles. The topological polar surface area (TPSA) is 43.6 Å². The zero-order valence-corrected chi connectivity index (χ0v) is 19.9. The van der Waals surface area contributed by atoms with E-state index in [-0.39, 0.29) is 0 Å². The SMILES string of the molecule is C=CCn1c(SCc2csc(-c3ccccc3Cl)n2)nnc1-c1csc(C(C)C)c1. The summed E-state index contributed by atoms with van der Waals surface area (Å²) in [6.07, 6.45) is 1.88. The lowest BCUT2D eigenvalue weighted by Crippen LogP contribution is -2.00. The maximum absolute atomic E-state index is 6.31. The van der Waals surface area contributed by atoms with Crippen LogP contribution in [0, 0.1) is 0 Å². The summed E-state index contributed by atoms with van der Waals surface area (Å²) in [4.78, 5) is 6.11. The van der Waals surface area contributed by atoms with Crippen LogP contribution in [0.5, 0.6) is 0 Å². The van der Waals surface area contributed by atoms with Gasteiger partial charge in [0.2, 0.25) is 0 Å². The normalized spacial score (nSPS) is 11.3. The van der Waals surface area contributed by atoms with Crippen LogP contribution in [-0.2, 0) is 12.3 Å². The van der Waals surface area contributed by atoms with Crippen molar-refractivity contribution in [2.75, 3.05) is 0 Å². The second-order valence-corrected chi connectivity index (χ2v) is 10.2. The van der Waals surface area contributed by atoms with Gasteiger partial charge >= 0.3 is 0 Å². The van der Waals surface area contributed by atoms with Gasteiger partial charge in [0.25, 0.3) is 0 Å². The number of rotatable bonds is 8. The third kappa shape index (κ3) is 4.54. The Kier molecular flexibility index (Phi) is 6.73. The molecule has 8 heteroatoms. The first-order valence-electron chi connectivity index (χ1n) is 9.51. The molecular weight excluding hydrogens is 452 g/mol. The molecule has 0 spiro atoms. The first kappa shape index (κ1) is 21.3. The molecule has 30 heavy (non-hydrogen) atoms. The van der Waals surface area contributed by atoms with E-state index >= 15 is 0 Å². The Labute approximate surface area is 193 Å². The van der Waals surface area contributed by atoms with Crippen molar-refractivity contribution in [2.24, 2.45) is 0 Å². The van der Waals surface area contributed by atoms with Gasteiger partial charge in [0.1, 0.15) is 5.01 Å². The van der Waals surface area contributed by atoms with Crippen molar-refractivity contribution in [1.82, 2.24) is 19.7 Å². The van der Waals surface area contributed by atoms with E-state index in [2.05, 4.69) is 52.0 Å². The molecule has 0 N–H and O–H groups in total. The molecule has 4 nitrogen and oxygen atoms in total. The number of thiophene rings is 1. The van der Waals surface area contributed by atoms with Gasteiger partial charge in [0, 0.05) is 39.1 Å². The fraction of sp³-hybridized carbons (Fsp3) is 0.227. The molecule has 154 valence electrons. The average Bonchev–Trinajstić information content (AvgIpc) is 3.47. The highest BCUT2D eigenvalue weighted by atomic mass is 35.5. The predicted octanol–water partition coefficient (Wildman–Crippen LogP) is 7.39. The molecule has 0 saturated carbocycles. The zero-order chi connectivity index (χ0) is 21.1. The van der Waals surface area contributed by atoms with Crippen LogP contribution in [0.2, 0.25) is 5.02 Å². The van der Waals surface area contributed by atoms with Crippen LogP contribution < -0.4 is 0 Å². The molecule has 0 atom stereocenters. The molecule has 0 aliphatic heterocycles. The Morgan fingerprint density at radius 3 is 2.77 bits per heavy atom. The largest absolute Gasteiger partial charge is 0.298 e. The zero-order valence-electron chi connectivity index (χ0n) is 16.7. The third-order valence-electron chi connectivity index (χ3n) is 4.48. The van der Waals surface area contributed by atoms with Crippen molar-refractivity contribution in [3.8, 4) is 22.0 Å². The number of halogens is 1. The van der Waals surface area contributed by atoms with Gasteiger partial charge in [0.15, 0.2) is 11.0 Å². The molecule has 3 aromatic heterocycles. The van der Waals surface area contributed by atoms with Crippen LogP contribution in [0.1, 0.15) is 30.3 Å². The Bertz CT molecular complexity index is 1160. The predicted molar refractivity (Wildman–Crippen MR) is 130 cm³/mol. The van der Waals surface area contributed by atoms with E-state index in [1.165, 1.54) is 4.88 Å². The molecule has 0 radical (unpaired) electrons. The van der Waals surface area contributed by atoms with Gasteiger partial charge in [-0.2, -0.15) is 0 Å². The van der Waals surface area contributed by atoms with E-state index < -0.39 is 0 Å². The van der Waals surface area contributed by atoms with Gasteiger partial charge in [-0.15, -0.1) is 39.4 Å². The fourth-order valence-electron chi connectivity index (χ4n) is 2.95. The van der Waals surface area contributed by atoms with E-state index in [4.69, 9.17) is 16.6 Å². The lowest BCUT2D eigenvalue weighted by atomic mass is 10.1. The Morgan fingerprint density at radius 1 is 1.20 bits per heavy atom. The number of nitrogens with zero attached hydrogens (tertiary/aromatic N) is 4. The van der Waals surface area contributed by atoms with Gasteiger partial charge in [-0.05, 0) is 18.1 Å². The van der Waals surface area contributed by atoms with Crippen LogP contribution in [0.3, 0.4) is 0 Å². The molecule has 0 amide bonds. The summed E-state index contributed by atoms with van der Waals surface area (Å²) >= 11 is 11.3. The molecule has 0 fully saturated rings. The van der Waals surface area contributed by atoms with E-state index in [9.17, 15) is 0 Å². The minimum atomic E-state index is 0.505. The number of thioether (sulfide) groups is 1. The first-order chi connectivity index (χ1) is 14.6. The van der Waals surface area contributed by atoms with Crippen molar-refractivity contribution in [3.05, 3.63) is 69.3 Å². The molecule has 1 aromatic carbocycles. The summed E-state index contributed by atoms with van der Waals surface area (Å²) in [5.41, 5.74) is 3.09. The maximum Gasteiger partial charge on any atom is 0.192 e. The van der Waals surface area contributed by atoms with Crippen molar-refractivity contribution >= 4 is 46.0 Å². The minimum Gasteiger partial charge on any atom is -0.298 e. The summed E-state index contributed by atoms with van der Waals surface area (Å²) in [6.45, 7) is 8.98. The second kappa shape index (κ2) is 9.47. The molecule has 0 bridgehead atoms. The summed E-state index contributed by atoms with van der Waals surface area (Å²) in [5, 5.41) is 15.7. The maximum atomic E-state index is 6.31. The molecule has 0 unspecified atom stereocenters. The quantitative estimate of drug-likeness (QED) is 0.198. The van der Waals surface area contributed by atoms with Crippen molar-refractivity contribution < 1.29 is 0 Å². The van der Waals surface area contributed by atoms with Gasteiger partial charge in [0.05, 0.1) is 10.7 Å². The van der Waals surface area contributed by atoms with Gasteiger partial charge < -0.3 is 0 Å². The average molecular weight is 473 g/mol. The number of hydrogen-bond donors (Lipinski definition) is 0. The molecule has 3 heterocycles. The number of allylic oxidation sites excluding steroid dienone is 1. The molecule has 4 rings (SSSR count). The highest BCUT2D eigenvalue weighted by Gasteiger charge is 2.17. The van der Waals surface area contributed by atoms with Crippen LogP contribution in [0.15, 0.2) is 58.9 Å². The standard InChI is InChI=1S/C22H21ClN4S3/c1-4-9-27-20(15-10-19(14(2)3)28-11-15)25-26-22(27)30-13-16-12-29-21(24-16)17-7-5-6-8-18(17)23/h4-8,10-12,14H,1,9,13H2,2-3H3. The van der Waals surface area contributed by atoms with E-state index in [1.54, 1.807) is 34.4 Å². The Balaban J connectivity index is 1.53. The van der Waals surface area contributed by atoms with E-state index in [0.717, 1.165) is 43.6 Å². The number of hydrogen-bond acceptors (Lipinski definition) is 6. The Morgan fingerprint density at radius 2 is 2.03 bits per heavy atom. The van der Waals surface area contributed by atoms with Crippen LogP contribution >= 0.6 is 46.0 Å². The molecular formula is C22H21ClN4S3. The third-order valence-corrected chi connectivity index (χ3v) is 7.97. The van der Waals surface area contributed by atoms with Crippen molar-refractivity contribution in [3.63, 3.8) is 0 Å². The lowest BCUT2D eigenvalue weighted by Gasteiger charge is -2.06. The summed E-state index contributed by atoms with van der Waals surface area (Å²) < 4.78 is 2.12. The summed E-state index contributed by atoms with van der Waals surface area (Å²) in [7, 11) is 0. The molecule has 0 aliphatic rings. The number of thiazole rings is 1. The van der Waals surface area contributed by atoms with Crippen molar-refractivity contribution in [1.29, 1.82) is 0 Å². The number of benzene rings is 1. The van der Waals surface area contributed by atoms with Crippen LogP contribution in [0.4, 0.5) is 0 Å². The van der Waals surface area contributed by atoms with E-state index in [0.29, 0.717) is 12.5 Å². The summed E-state index contributed by atoms with van der Waals surface area (Å²) in [6, 6.07) is 10.0. The smallest absolute Gasteiger partial charge is 0.192 e. The van der Waals surface area contributed by atoms with E-state index in [1.807, 2.05) is 30.3 Å². The summed E-state index contributed by atoms with van der Waals surface area (Å²) in [5.74, 6) is 2.11. The van der Waals surface area contributed by atoms with Crippen LogP contribution in [-0.4, -0.2) is 19.7 Å². The molecule has 4 aromatic rings. The van der Waals surface area contributed by atoms with Gasteiger partial charge in [-0.25, -0.2) is 4.98 Å². The van der Waals surface area contributed by atoms with Gasteiger partial charge in [-0.1, -0.05) is 61.5 Å². The highest BCUT2D eigenvalue weighted by Crippen LogP contribution is 2.34. The highest BCUT2D eigenvalue weighted by molar-refractivity contribution is 7.98. The first-order valence-corrected chi connectivity index (χ1v) is 12.6. The Hall–Kier alpha value is -1.93.